The summed E-state index contributed by atoms with van der Waals surface area (Å²) in [5.41, 5.74) is 2.26. The van der Waals surface area contributed by atoms with E-state index in [1.54, 1.807) is 19.2 Å². The summed E-state index contributed by atoms with van der Waals surface area (Å²) in [6, 6.07) is 19.4. The predicted octanol–water partition coefficient (Wildman–Crippen LogP) is 5.24. The number of ether oxygens (including phenoxy) is 1. The highest BCUT2D eigenvalue weighted by Crippen LogP contribution is 2.29. The molecule has 0 bridgehead atoms. The Morgan fingerprint density at radius 3 is 2.37 bits per heavy atom. The Morgan fingerprint density at radius 2 is 1.63 bits per heavy atom. The van der Waals surface area contributed by atoms with E-state index >= 15 is 0 Å². The summed E-state index contributed by atoms with van der Waals surface area (Å²) in [5, 5.41) is 2.45. The highest BCUT2D eigenvalue weighted by atomic mass is 35.5. The smallest absolute Gasteiger partial charge is 0.126 e. The Morgan fingerprint density at radius 1 is 0.900 bits per heavy atom. The van der Waals surface area contributed by atoms with Crippen molar-refractivity contribution in [3.05, 3.63) is 83.7 Å². The number of hydrogen-bond donors (Lipinski definition) is 0. The zero-order valence-electron chi connectivity index (χ0n) is 17.3. The molecule has 0 aromatic heterocycles. The van der Waals surface area contributed by atoms with Gasteiger partial charge in [0.15, 0.2) is 0 Å². The van der Waals surface area contributed by atoms with Crippen LogP contribution >= 0.6 is 12.4 Å². The van der Waals surface area contributed by atoms with Crippen molar-refractivity contribution in [2.45, 2.75) is 6.54 Å². The molecule has 1 fully saturated rings. The van der Waals surface area contributed by atoms with E-state index in [1.807, 2.05) is 12.1 Å². The predicted molar refractivity (Wildman–Crippen MR) is 125 cm³/mol. The molecule has 158 valence electrons. The van der Waals surface area contributed by atoms with Gasteiger partial charge in [-0.3, -0.25) is 9.80 Å². The van der Waals surface area contributed by atoms with Crippen LogP contribution < -0.4 is 4.74 Å². The van der Waals surface area contributed by atoms with Crippen LogP contribution in [-0.4, -0.2) is 49.6 Å². The highest BCUT2D eigenvalue weighted by Gasteiger charge is 2.17. The molecule has 3 aromatic carbocycles. The van der Waals surface area contributed by atoms with Crippen LogP contribution in [0, 0.1) is 5.82 Å². The Hall–Kier alpha value is -2.40. The van der Waals surface area contributed by atoms with Crippen molar-refractivity contribution < 1.29 is 9.13 Å². The van der Waals surface area contributed by atoms with Gasteiger partial charge in [-0.1, -0.05) is 54.6 Å². The maximum atomic E-state index is 13.3. The average molecular weight is 427 g/mol. The van der Waals surface area contributed by atoms with Crippen LogP contribution in [0.15, 0.2) is 66.7 Å². The summed E-state index contributed by atoms with van der Waals surface area (Å²) in [6.45, 7) is 6.04. The van der Waals surface area contributed by atoms with Gasteiger partial charge in [-0.15, -0.1) is 12.4 Å². The lowest BCUT2D eigenvalue weighted by molar-refractivity contribution is 0.137. The second-order valence-corrected chi connectivity index (χ2v) is 7.51. The fourth-order valence-corrected chi connectivity index (χ4v) is 3.97. The Bertz CT molecular complexity index is 999. The van der Waals surface area contributed by atoms with Crippen LogP contribution in [0.5, 0.6) is 5.75 Å². The third kappa shape index (κ3) is 5.39. The molecular formula is C25H28ClFN2O. The Kier molecular flexibility index (Phi) is 7.86. The summed E-state index contributed by atoms with van der Waals surface area (Å²) >= 11 is 0. The van der Waals surface area contributed by atoms with Gasteiger partial charge in [-0.2, -0.15) is 0 Å². The normalized spacial score (nSPS) is 15.4. The van der Waals surface area contributed by atoms with Crippen molar-refractivity contribution in [2.75, 3.05) is 39.8 Å². The standard InChI is InChI=1S/C25H27FN2O.ClH/c1-29-25-12-11-21(23-9-2-3-10-24(23)25)19-28-16-14-27(15-17-28)13-5-7-20-6-4-8-22(26)18-20;/h2-12,18H,13-17,19H2,1H3;1H/b7-5+;. The minimum Gasteiger partial charge on any atom is -0.496 e. The van der Waals surface area contributed by atoms with E-state index in [0.29, 0.717) is 0 Å². The lowest BCUT2D eigenvalue weighted by Crippen LogP contribution is -2.45. The molecule has 0 N–H and O–H groups in total. The topological polar surface area (TPSA) is 15.7 Å². The van der Waals surface area contributed by atoms with Crippen LogP contribution in [-0.2, 0) is 6.54 Å². The van der Waals surface area contributed by atoms with Gasteiger partial charge >= 0.3 is 0 Å². The summed E-state index contributed by atoms with van der Waals surface area (Å²) in [7, 11) is 1.73. The largest absolute Gasteiger partial charge is 0.496 e. The third-order valence-electron chi connectivity index (χ3n) is 5.58. The minimum atomic E-state index is -0.188. The van der Waals surface area contributed by atoms with Crippen molar-refractivity contribution in [1.29, 1.82) is 0 Å². The molecule has 3 nitrogen and oxygen atoms in total. The molecule has 0 aliphatic carbocycles. The molecule has 30 heavy (non-hydrogen) atoms. The van der Waals surface area contributed by atoms with Crippen molar-refractivity contribution in [3.63, 3.8) is 0 Å². The van der Waals surface area contributed by atoms with Gasteiger partial charge in [-0.05, 0) is 34.7 Å². The van der Waals surface area contributed by atoms with Gasteiger partial charge in [0.2, 0.25) is 0 Å². The van der Waals surface area contributed by atoms with Crippen LogP contribution in [0.3, 0.4) is 0 Å². The SMILES string of the molecule is COc1ccc(CN2CCN(C/C=C/c3cccc(F)c3)CC2)c2ccccc12.Cl. The summed E-state index contributed by atoms with van der Waals surface area (Å²) < 4.78 is 18.8. The Labute approximate surface area is 184 Å². The van der Waals surface area contributed by atoms with Crippen LogP contribution in [0.1, 0.15) is 11.1 Å². The van der Waals surface area contributed by atoms with Crippen molar-refractivity contribution >= 4 is 29.3 Å². The number of halogens is 2. The first kappa shape index (κ1) is 22.3. The quantitative estimate of drug-likeness (QED) is 0.536. The number of piperazine rings is 1. The second kappa shape index (κ2) is 10.6. The monoisotopic (exact) mass is 426 g/mol. The second-order valence-electron chi connectivity index (χ2n) is 7.51. The maximum Gasteiger partial charge on any atom is 0.126 e. The van der Waals surface area contributed by atoms with Gasteiger partial charge in [0.05, 0.1) is 7.11 Å². The molecule has 3 aromatic rings. The number of hydrogen-bond acceptors (Lipinski definition) is 3. The zero-order chi connectivity index (χ0) is 20.1. The van der Waals surface area contributed by atoms with E-state index in [0.717, 1.165) is 50.6 Å². The van der Waals surface area contributed by atoms with Gasteiger partial charge in [-0.25, -0.2) is 4.39 Å². The van der Waals surface area contributed by atoms with Crippen LogP contribution in [0.4, 0.5) is 4.39 Å². The molecule has 1 heterocycles. The molecular weight excluding hydrogens is 399 g/mol. The van der Waals surface area contributed by atoms with Gasteiger partial charge in [0.25, 0.3) is 0 Å². The molecule has 0 saturated carbocycles. The van der Waals surface area contributed by atoms with Gasteiger partial charge in [0.1, 0.15) is 11.6 Å². The molecule has 0 radical (unpaired) electrons. The highest BCUT2D eigenvalue weighted by molar-refractivity contribution is 5.91. The molecule has 5 heteroatoms. The number of nitrogens with zero attached hydrogens (tertiary/aromatic N) is 2. The molecule has 0 atom stereocenters. The molecule has 0 unspecified atom stereocenters. The van der Waals surface area contributed by atoms with Crippen molar-refractivity contribution in [2.24, 2.45) is 0 Å². The van der Waals surface area contributed by atoms with Crippen LogP contribution in [0.25, 0.3) is 16.8 Å². The lowest BCUT2D eigenvalue weighted by Gasteiger charge is -2.34. The van der Waals surface area contributed by atoms with E-state index in [4.69, 9.17) is 4.74 Å². The van der Waals surface area contributed by atoms with Gasteiger partial charge in [0, 0.05) is 44.7 Å². The zero-order valence-corrected chi connectivity index (χ0v) is 18.1. The average Bonchev–Trinajstić information content (AvgIpc) is 2.75. The van der Waals surface area contributed by atoms with Crippen molar-refractivity contribution in [1.82, 2.24) is 9.80 Å². The first-order chi connectivity index (χ1) is 14.2. The molecule has 0 spiro atoms. The number of rotatable bonds is 6. The maximum absolute atomic E-state index is 13.3. The number of fused-ring (bicyclic) bond motifs is 1. The van der Waals surface area contributed by atoms with Crippen LogP contribution in [0.2, 0.25) is 0 Å². The fourth-order valence-electron chi connectivity index (χ4n) is 3.97. The molecule has 1 aliphatic rings. The Balaban J connectivity index is 0.00000256. The lowest BCUT2D eigenvalue weighted by atomic mass is 10.0. The van der Waals surface area contributed by atoms with Crippen molar-refractivity contribution in [3.8, 4) is 5.75 Å². The summed E-state index contributed by atoms with van der Waals surface area (Å²) in [4.78, 5) is 4.96. The van der Waals surface area contributed by atoms with E-state index < -0.39 is 0 Å². The summed E-state index contributed by atoms with van der Waals surface area (Å²) in [5.74, 6) is 0.742. The molecule has 1 aliphatic heterocycles. The number of benzene rings is 3. The summed E-state index contributed by atoms with van der Waals surface area (Å²) in [6.07, 6.45) is 4.13. The number of methoxy groups -OCH3 is 1. The third-order valence-corrected chi connectivity index (χ3v) is 5.58. The molecule has 1 saturated heterocycles. The van der Waals surface area contributed by atoms with E-state index in [-0.39, 0.29) is 18.2 Å². The first-order valence-corrected chi connectivity index (χ1v) is 10.1. The van der Waals surface area contributed by atoms with E-state index in [1.165, 1.54) is 22.4 Å². The first-order valence-electron chi connectivity index (χ1n) is 10.1. The molecule has 4 rings (SSSR count). The van der Waals surface area contributed by atoms with Gasteiger partial charge < -0.3 is 4.74 Å². The minimum absolute atomic E-state index is 0. The van der Waals surface area contributed by atoms with E-state index in [2.05, 4.69) is 52.3 Å². The van der Waals surface area contributed by atoms with E-state index in [9.17, 15) is 4.39 Å². The molecule has 0 amide bonds. The fraction of sp³-hybridized carbons (Fsp3) is 0.280.